The van der Waals surface area contributed by atoms with E-state index in [1.165, 1.54) is 0 Å². The normalized spacial score (nSPS) is 19.2. The highest BCUT2D eigenvalue weighted by Gasteiger charge is 2.15. The van der Waals surface area contributed by atoms with Crippen LogP contribution in [0.1, 0.15) is 31.2 Å². The van der Waals surface area contributed by atoms with E-state index in [4.69, 9.17) is 0 Å². The first kappa shape index (κ1) is 12.2. The molecule has 0 atom stereocenters. The summed E-state index contributed by atoms with van der Waals surface area (Å²) in [5, 5.41) is 6.90. The van der Waals surface area contributed by atoms with Gasteiger partial charge in [-0.25, -0.2) is 4.98 Å². The lowest BCUT2D eigenvalue weighted by atomic mass is 10.2. The number of aromatic nitrogens is 2. The number of nitrogens with zero attached hydrogens (tertiary/aromatic N) is 2. The average molecular weight is 256 g/mol. The van der Waals surface area contributed by atoms with Crippen LogP contribution in [0.3, 0.4) is 0 Å². The molecule has 4 nitrogen and oxygen atoms in total. The van der Waals surface area contributed by atoms with Crippen molar-refractivity contribution in [1.29, 1.82) is 0 Å². The second kappa shape index (κ2) is 5.43. The molecule has 0 amide bonds. The fourth-order valence-corrected chi connectivity index (χ4v) is 2.50. The number of aryl methyl sites for hydroxylation is 1. The van der Waals surface area contributed by atoms with Crippen molar-refractivity contribution in [2.24, 2.45) is 0 Å². The van der Waals surface area contributed by atoms with E-state index in [1.54, 1.807) is 0 Å². The summed E-state index contributed by atoms with van der Waals surface area (Å²) in [6.07, 6.45) is 15.0. The topological polar surface area (TPSA) is 49.8 Å². The molecular weight excluding hydrogens is 236 g/mol. The minimum absolute atomic E-state index is 0.448. The van der Waals surface area contributed by atoms with Crippen LogP contribution in [0.4, 0.5) is 11.8 Å². The van der Waals surface area contributed by atoms with Crippen molar-refractivity contribution in [2.75, 3.05) is 10.6 Å². The molecule has 1 aromatic heterocycles. The van der Waals surface area contributed by atoms with Gasteiger partial charge in [0.25, 0.3) is 0 Å². The Hall–Kier alpha value is -1.84. The van der Waals surface area contributed by atoms with Crippen molar-refractivity contribution in [3.63, 3.8) is 0 Å². The molecule has 1 heterocycles. The third-order valence-electron chi connectivity index (χ3n) is 3.66. The van der Waals surface area contributed by atoms with Crippen LogP contribution >= 0.6 is 0 Å². The second-order valence-electron chi connectivity index (χ2n) is 5.29. The molecule has 0 unspecified atom stereocenters. The highest BCUT2D eigenvalue weighted by atomic mass is 15.2. The van der Waals surface area contributed by atoms with Gasteiger partial charge < -0.3 is 10.6 Å². The molecule has 100 valence electrons. The van der Waals surface area contributed by atoms with Crippen LogP contribution in [0.2, 0.25) is 0 Å². The van der Waals surface area contributed by atoms with Crippen LogP contribution in [0, 0.1) is 6.92 Å². The van der Waals surface area contributed by atoms with Gasteiger partial charge in [-0.15, -0.1) is 0 Å². The largest absolute Gasteiger partial charge is 0.366 e. The second-order valence-corrected chi connectivity index (χ2v) is 5.29. The summed E-state index contributed by atoms with van der Waals surface area (Å²) < 4.78 is 0. The first-order valence-electron chi connectivity index (χ1n) is 6.98. The van der Waals surface area contributed by atoms with Gasteiger partial charge >= 0.3 is 0 Å². The van der Waals surface area contributed by atoms with E-state index in [-0.39, 0.29) is 0 Å². The van der Waals surface area contributed by atoms with Crippen molar-refractivity contribution in [1.82, 2.24) is 9.97 Å². The molecule has 0 radical (unpaired) electrons. The third kappa shape index (κ3) is 2.95. The Bertz CT molecular complexity index is 491. The molecule has 0 fully saturated rings. The van der Waals surface area contributed by atoms with E-state index in [2.05, 4.69) is 44.9 Å². The number of rotatable bonds is 4. The standard InChI is InChI=1S/C15H20N4/c1-11-10-16-15(18-13-8-4-5-9-13)19-14(11)17-12-6-2-3-7-12/h2-5,10,12-13H,6-9H2,1H3,(H2,16,17,18,19). The minimum atomic E-state index is 0.448. The lowest BCUT2D eigenvalue weighted by Gasteiger charge is -2.17. The van der Waals surface area contributed by atoms with E-state index in [1.807, 2.05) is 13.1 Å². The SMILES string of the molecule is Cc1cnc(NC2CC=CC2)nc1NC1CC=CC1. The predicted molar refractivity (Wildman–Crippen MR) is 78.3 cm³/mol. The van der Waals surface area contributed by atoms with Gasteiger partial charge in [0.15, 0.2) is 0 Å². The van der Waals surface area contributed by atoms with Gasteiger partial charge in [-0.3, -0.25) is 0 Å². The molecule has 19 heavy (non-hydrogen) atoms. The number of nitrogens with one attached hydrogen (secondary N) is 2. The number of hydrogen-bond donors (Lipinski definition) is 2. The Morgan fingerprint density at radius 1 is 0.947 bits per heavy atom. The van der Waals surface area contributed by atoms with Gasteiger partial charge in [-0.2, -0.15) is 4.98 Å². The molecule has 2 aliphatic rings. The zero-order chi connectivity index (χ0) is 13.1. The van der Waals surface area contributed by atoms with Crippen molar-refractivity contribution in [3.05, 3.63) is 36.1 Å². The van der Waals surface area contributed by atoms with Crippen LogP contribution in [0.5, 0.6) is 0 Å². The smallest absolute Gasteiger partial charge is 0.224 e. The van der Waals surface area contributed by atoms with Gasteiger partial charge in [-0.05, 0) is 32.6 Å². The average Bonchev–Trinajstić information content (AvgIpc) is 3.07. The molecule has 2 N–H and O–H groups in total. The maximum atomic E-state index is 4.61. The van der Waals surface area contributed by atoms with Crippen molar-refractivity contribution in [2.45, 2.75) is 44.7 Å². The summed E-state index contributed by atoms with van der Waals surface area (Å²) in [7, 11) is 0. The summed E-state index contributed by atoms with van der Waals surface area (Å²) in [5.41, 5.74) is 1.10. The van der Waals surface area contributed by atoms with Crippen LogP contribution in [-0.4, -0.2) is 22.1 Å². The Labute approximate surface area is 114 Å². The Balaban J connectivity index is 1.68. The molecular formula is C15H20N4. The zero-order valence-electron chi connectivity index (χ0n) is 11.3. The maximum absolute atomic E-state index is 4.61. The summed E-state index contributed by atoms with van der Waals surface area (Å²) in [6.45, 7) is 2.05. The Kier molecular flexibility index (Phi) is 3.49. The van der Waals surface area contributed by atoms with E-state index < -0.39 is 0 Å². The molecule has 0 saturated carbocycles. The zero-order valence-corrected chi connectivity index (χ0v) is 11.3. The van der Waals surface area contributed by atoms with E-state index in [0.717, 1.165) is 43.0 Å². The summed E-state index contributed by atoms with van der Waals surface area (Å²) >= 11 is 0. The van der Waals surface area contributed by atoms with E-state index in [9.17, 15) is 0 Å². The molecule has 4 heteroatoms. The summed E-state index contributed by atoms with van der Waals surface area (Å²) in [4.78, 5) is 8.98. The molecule has 0 aliphatic heterocycles. The minimum Gasteiger partial charge on any atom is -0.366 e. The van der Waals surface area contributed by atoms with Crippen LogP contribution in [0.15, 0.2) is 30.5 Å². The molecule has 3 rings (SSSR count). The van der Waals surface area contributed by atoms with Gasteiger partial charge in [0.05, 0.1) is 0 Å². The van der Waals surface area contributed by atoms with Gasteiger partial charge in [-0.1, -0.05) is 24.3 Å². The molecule has 0 bridgehead atoms. The van der Waals surface area contributed by atoms with Crippen LogP contribution in [-0.2, 0) is 0 Å². The van der Waals surface area contributed by atoms with E-state index >= 15 is 0 Å². The predicted octanol–water partition coefficient (Wildman–Crippen LogP) is 3.05. The van der Waals surface area contributed by atoms with Gasteiger partial charge in [0, 0.05) is 23.8 Å². The summed E-state index contributed by atoms with van der Waals surface area (Å²) in [6, 6.07) is 0.929. The molecule has 2 aliphatic carbocycles. The molecule has 0 aromatic carbocycles. The summed E-state index contributed by atoms with van der Waals surface area (Å²) in [5.74, 6) is 1.69. The lowest BCUT2D eigenvalue weighted by Crippen LogP contribution is -2.20. The van der Waals surface area contributed by atoms with Crippen molar-refractivity contribution < 1.29 is 0 Å². The molecule has 0 saturated heterocycles. The number of hydrogen-bond acceptors (Lipinski definition) is 4. The van der Waals surface area contributed by atoms with Crippen molar-refractivity contribution in [3.8, 4) is 0 Å². The first-order chi connectivity index (χ1) is 9.31. The fraction of sp³-hybridized carbons (Fsp3) is 0.467. The lowest BCUT2D eigenvalue weighted by molar-refractivity contribution is 0.763. The van der Waals surface area contributed by atoms with E-state index in [0.29, 0.717) is 12.1 Å². The monoisotopic (exact) mass is 256 g/mol. The van der Waals surface area contributed by atoms with Crippen LogP contribution in [0.25, 0.3) is 0 Å². The van der Waals surface area contributed by atoms with Gasteiger partial charge in [0.1, 0.15) is 5.82 Å². The Morgan fingerprint density at radius 3 is 2.16 bits per heavy atom. The fourth-order valence-electron chi connectivity index (χ4n) is 2.50. The first-order valence-corrected chi connectivity index (χ1v) is 6.98. The maximum Gasteiger partial charge on any atom is 0.224 e. The van der Waals surface area contributed by atoms with Gasteiger partial charge in [0.2, 0.25) is 5.95 Å². The molecule has 1 aromatic rings. The Morgan fingerprint density at radius 2 is 1.53 bits per heavy atom. The van der Waals surface area contributed by atoms with Crippen LogP contribution < -0.4 is 10.6 Å². The van der Waals surface area contributed by atoms with Crippen molar-refractivity contribution >= 4 is 11.8 Å². The highest BCUT2D eigenvalue weighted by Crippen LogP contribution is 2.20. The highest BCUT2D eigenvalue weighted by molar-refractivity contribution is 5.48. The quantitative estimate of drug-likeness (QED) is 0.813. The third-order valence-corrected chi connectivity index (χ3v) is 3.66. The number of anilines is 2. The molecule has 0 spiro atoms.